The van der Waals surface area contributed by atoms with E-state index in [-0.39, 0.29) is 42.1 Å². The van der Waals surface area contributed by atoms with Crippen LogP contribution in [0.5, 0.6) is 11.5 Å². The second-order valence-corrected chi connectivity index (χ2v) is 19.4. The number of carbonyl (C=O) groups excluding carboxylic acids is 2. The molecule has 4 heterocycles. The molecule has 1 amide bonds. The summed E-state index contributed by atoms with van der Waals surface area (Å²) in [5.74, 6) is -1.05. The van der Waals surface area contributed by atoms with Crippen molar-refractivity contribution in [3.8, 4) is 11.5 Å². The Hall–Kier alpha value is -6.05. The van der Waals surface area contributed by atoms with Crippen molar-refractivity contribution in [2.75, 3.05) is 69.2 Å². The molecule has 1 aliphatic carbocycles. The number of ether oxygens (including phenoxy) is 2. The number of allylic oxidation sites excluding steroid dienone is 1. The topological polar surface area (TPSA) is 202 Å². The molecule has 8 rings (SSSR count). The van der Waals surface area contributed by atoms with Crippen LogP contribution >= 0.6 is 11.6 Å². The van der Waals surface area contributed by atoms with Crippen LogP contribution in [0.25, 0.3) is 16.6 Å². The molecule has 2 fully saturated rings. The zero-order valence-corrected chi connectivity index (χ0v) is 37.9. The lowest BCUT2D eigenvalue weighted by atomic mass is 9.72. The number of morpholine rings is 1. The summed E-state index contributed by atoms with van der Waals surface area (Å²) in [6.45, 7) is 10.8. The molecule has 0 saturated carbocycles. The van der Waals surface area contributed by atoms with Gasteiger partial charge in [-0.2, -0.15) is 0 Å². The summed E-state index contributed by atoms with van der Waals surface area (Å²) < 4.78 is 41.6. The fourth-order valence-corrected chi connectivity index (χ4v) is 9.61. The minimum Gasteiger partial charge on any atom is -0.455 e. The summed E-state index contributed by atoms with van der Waals surface area (Å²) in [5.41, 5.74) is 5.14. The summed E-state index contributed by atoms with van der Waals surface area (Å²) in [4.78, 5) is 53.6. The maximum absolute atomic E-state index is 14.0. The zero-order chi connectivity index (χ0) is 45.9. The van der Waals surface area contributed by atoms with Crippen molar-refractivity contribution in [1.29, 1.82) is 0 Å². The lowest BCUT2D eigenvalue weighted by molar-refractivity contribution is -0.384. The number of nitro groups is 1. The second-order valence-electron chi connectivity index (χ2n) is 17.3. The van der Waals surface area contributed by atoms with E-state index < -0.39 is 43.5 Å². The van der Waals surface area contributed by atoms with Gasteiger partial charge in [-0.25, -0.2) is 18.1 Å². The first-order valence-electron chi connectivity index (χ1n) is 21.4. The molecule has 2 aliphatic heterocycles. The number of nitro benzene ring substituents is 1. The molecule has 0 radical (unpaired) electrons. The molecule has 1 unspecified atom stereocenters. The van der Waals surface area contributed by atoms with Gasteiger partial charge in [0.2, 0.25) is 0 Å². The number of hydrogen-bond donors (Lipinski definition) is 3. The third-order valence-corrected chi connectivity index (χ3v) is 13.5. The second kappa shape index (κ2) is 19.2. The number of piperazine rings is 1. The summed E-state index contributed by atoms with van der Waals surface area (Å²) in [6, 6.07) is 20.0. The van der Waals surface area contributed by atoms with E-state index in [1.807, 2.05) is 18.2 Å². The first-order valence-corrected chi connectivity index (χ1v) is 23.3. The molecule has 5 aromatic rings. The van der Waals surface area contributed by atoms with Crippen LogP contribution in [0.2, 0.25) is 5.02 Å². The van der Waals surface area contributed by atoms with Crippen LogP contribution in [-0.4, -0.2) is 110 Å². The molecule has 19 heteroatoms. The normalized spacial score (nSPS) is 18.3. The minimum absolute atomic E-state index is 0.0337. The molecule has 1 atom stereocenters. The van der Waals surface area contributed by atoms with Crippen molar-refractivity contribution in [1.82, 2.24) is 24.7 Å². The average molecular weight is 927 g/mol. The van der Waals surface area contributed by atoms with E-state index in [0.717, 1.165) is 61.1 Å². The van der Waals surface area contributed by atoms with Crippen molar-refractivity contribution in [3.63, 3.8) is 0 Å². The Labute approximate surface area is 381 Å². The van der Waals surface area contributed by atoms with Crippen molar-refractivity contribution in [2.45, 2.75) is 51.0 Å². The monoisotopic (exact) mass is 926 g/mol. The van der Waals surface area contributed by atoms with Crippen LogP contribution in [0.3, 0.4) is 0 Å². The van der Waals surface area contributed by atoms with Gasteiger partial charge in [-0.3, -0.25) is 24.6 Å². The lowest BCUT2D eigenvalue weighted by Crippen LogP contribution is -2.47. The number of rotatable bonds is 14. The van der Waals surface area contributed by atoms with Crippen molar-refractivity contribution in [2.24, 2.45) is 5.41 Å². The predicted octanol–water partition coefficient (Wildman–Crippen LogP) is 7.41. The van der Waals surface area contributed by atoms with Crippen LogP contribution in [0.1, 0.15) is 56.0 Å². The average Bonchev–Trinajstić information content (AvgIpc) is 3.74. The van der Waals surface area contributed by atoms with E-state index >= 15 is 0 Å². The maximum atomic E-state index is 14.0. The van der Waals surface area contributed by atoms with Gasteiger partial charge < -0.3 is 29.5 Å². The number of hydroxylamine groups is 2. The fraction of sp³-hybridized carbons (Fsp3) is 0.370. The highest BCUT2D eigenvalue weighted by Crippen LogP contribution is 2.43. The molecule has 3 N–H and O–H groups in total. The van der Waals surface area contributed by atoms with Gasteiger partial charge in [0, 0.05) is 80.6 Å². The first kappa shape index (κ1) is 45.5. The van der Waals surface area contributed by atoms with E-state index in [4.69, 9.17) is 25.9 Å². The van der Waals surface area contributed by atoms with E-state index in [1.165, 1.54) is 53.1 Å². The zero-order valence-electron chi connectivity index (χ0n) is 36.3. The summed E-state index contributed by atoms with van der Waals surface area (Å²) >= 11 is 6.24. The van der Waals surface area contributed by atoms with Gasteiger partial charge in [0.25, 0.3) is 21.6 Å². The van der Waals surface area contributed by atoms with E-state index in [9.17, 15) is 28.1 Å². The molecule has 342 valence electrons. The molecule has 3 aromatic carbocycles. The van der Waals surface area contributed by atoms with Crippen molar-refractivity contribution in [3.05, 3.63) is 117 Å². The van der Waals surface area contributed by atoms with Crippen LogP contribution in [0.15, 0.2) is 95.7 Å². The Bertz CT molecular complexity index is 2740. The number of halogens is 1. The van der Waals surface area contributed by atoms with Gasteiger partial charge >= 0.3 is 5.97 Å². The molecule has 3 aliphatic rings. The number of nitrogens with zero attached hydrogens (tertiary/aromatic N) is 5. The van der Waals surface area contributed by atoms with Crippen molar-refractivity contribution >= 4 is 67.2 Å². The maximum Gasteiger partial charge on any atom is 0.322 e. The molecule has 2 aromatic heterocycles. The van der Waals surface area contributed by atoms with Crippen LogP contribution in [0, 0.1) is 15.5 Å². The summed E-state index contributed by atoms with van der Waals surface area (Å²) in [7, 11) is -4.63. The Morgan fingerprint density at radius 1 is 1.03 bits per heavy atom. The van der Waals surface area contributed by atoms with E-state index in [0.29, 0.717) is 31.0 Å². The van der Waals surface area contributed by atoms with Crippen LogP contribution in [-0.2, 0) is 24.4 Å². The first-order chi connectivity index (χ1) is 31.1. The number of benzene rings is 3. The number of hydrogen-bond acceptors (Lipinski definition) is 14. The number of amides is 1. The Kier molecular flexibility index (Phi) is 13.4. The SMILES string of the molecule is CC(=O)ON1CCOC(CNc2ccc(S(=O)(=O)NC(=O)c3ccc(N4CCN(CC5=C(c6ccc(Cl)cc6)CC(C)(C)CC5)CC4)cc3Oc3cnc4[nH]ccc4c3)cc2[N+](=O)[O-])C1. The highest BCUT2D eigenvalue weighted by Gasteiger charge is 2.31. The van der Waals surface area contributed by atoms with Gasteiger partial charge in [0.1, 0.15) is 22.8 Å². The molecule has 2 saturated heterocycles. The van der Waals surface area contributed by atoms with Gasteiger partial charge in [-0.05, 0) is 84.3 Å². The van der Waals surface area contributed by atoms with E-state index in [1.54, 1.807) is 24.4 Å². The number of anilines is 2. The highest BCUT2D eigenvalue weighted by molar-refractivity contribution is 7.90. The number of sulfonamides is 1. The molecule has 17 nitrogen and oxygen atoms in total. The number of nitrogens with one attached hydrogen (secondary N) is 3. The van der Waals surface area contributed by atoms with E-state index in [2.05, 4.69) is 55.8 Å². The summed E-state index contributed by atoms with van der Waals surface area (Å²) in [6.07, 6.45) is 5.93. The highest BCUT2D eigenvalue weighted by atomic mass is 35.5. The molecule has 0 bridgehead atoms. The third-order valence-electron chi connectivity index (χ3n) is 11.9. The van der Waals surface area contributed by atoms with Gasteiger partial charge in [0.15, 0.2) is 0 Å². The van der Waals surface area contributed by atoms with Gasteiger partial charge in [-0.1, -0.05) is 43.2 Å². The van der Waals surface area contributed by atoms with Gasteiger partial charge in [-0.15, -0.1) is 5.06 Å². The van der Waals surface area contributed by atoms with Crippen LogP contribution in [0.4, 0.5) is 17.1 Å². The minimum atomic E-state index is -4.63. The standard InChI is InChI=1S/C46H51ClN8O9S/c1-30(56)64-54-20-21-62-37(29-54)27-49-41-11-9-38(24-42(41)55(58)59)65(60,61)51-45(57)39-10-8-35(23-43(39)63-36-22-32-13-15-48-44(32)50-26-36)53-18-16-52(17-19-53)28-33-12-14-46(2,3)25-40(33)31-4-6-34(47)7-5-31/h4-11,13,15,22-24,26,37,49H,12,14,16-21,25,27-29H2,1-3H3,(H,48,50)(H,51,57). The number of aromatic nitrogens is 2. The molecule has 0 spiro atoms. The quantitative estimate of drug-likeness (QED) is 0.0734. The number of pyridine rings is 1. The molecular weight excluding hydrogens is 876 g/mol. The number of H-pyrrole nitrogens is 1. The number of fused-ring (bicyclic) bond motifs is 1. The summed E-state index contributed by atoms with van der Waals surface area (Å²) in [5, 5.41) is 18.0. The number of carbonyl (C=O) groups is 2. The molecular formula is C46H51ClN8O9S. The smallest absolute Gasteiger partial charge is 0.322 e. The Morgan fingerprint density at radius 3 is 2.57 bits per heavy atom. The molecule has 65 heavy (non-hydrogen) atoms. The van der Waals surface area contributed by atoms with Crippen molar-refractivity contribution < 1.29 is 37.2 Å². The Morgan fingerprint density at radius 2 is 1.82 bits per heavy atom. The largest absolute Gasteiger partial charge is 0.455 e. The van der Waals surface area contributed by atoms with Gasteiger partial charge in [0.05, 0.1) is 47.4 Å². The van der Waals surface area contributed by atoms with Crippen LogP contribution < -0.4 is 19.7 Å². The predicted molar refractivity (Wildman–Crippen MR) is 247 cm³/mol. The fourth-order valence-electron chi connectivity index (χ4n) is 8.50. The Balaban J connectivity index is 0.986. The third kappa shape index (κ3) is 11.1. The lowest BCUT2D eigenvalue weighted by Gasteiger charge is -2.39. The number of aromatic amines is 1.